The van der Waals surface area contributed by atoms with Gasteiger partial charge in [0.1, 0.15) is 17.4 Å². The molecule has 0 unspecified atom stereocenters. The first-order valence-corrected chi connectivity index (χ1v) is 22.6. The lowest BCUT2D eigenvalue weighted by atomic mass is 10.1. The van der Waals surface area contributed by atoms with Gasteiger partial charge in [-0.2, -0.15) is 0 Å². The van der Waals surface area contributed by atoms with Crippen LogP contribution in [0.25, 0.3) is 22.5 Å². The number of carbonyl (C=O) groups excluding carboxylic acids is 4. The van der Waals surface area contributed by atoms with Crippen molar-refractivity contribution in [3.8, 4) is 59.7 Å². The molecule has 2 aromatic carbocycles. The molecule has 66 heavy (non-hydrogen) atoms. The third kappa shape index (κ3) is 29.3. The molecule has 0 saturated carbocycles. The average Bonchev–Trinajstić information content (AvgIpc) is 4.00. The number of amides is 4. The van der Waals surface area contributed by atoms with Gasteiger partial charge in [0.15, 0.2) is 0 Å². The quantitative estimate of drug-likeness (QED) is 0.0610. The van der Waals surface area contributed by atoms with Crippen LogP contribution in [0.15, 0.2) is 60.9 Å². The highest BCUT2D eigenvalue weighted by Crippen LogP contribution is 2.20. The summed E-state index contributed by atoms with van der Waals surface area (Å²) in [5, 5.41) is 12.5. The van der Waals surface area contributed by atoms with Crippen molar-refractivity contribution >= 4 is 29.6 Å². The first-order valence-electron chi connectivity index (χ1n) is 22.6. The summed E-state index contributed by atoms with van der Waals surface area (Å²) in [7, 11) is 0. The van der Waals surface area contributed by atoms with E-state index < -0.39 is 6.09 Å². The maximum Gasteiger partial charge on any atom is 0.405 e. The lowest BCUT2D eigenvalue weighted by molar-refractivity contribution is -0.133. The molecule has 0 radical (unpaired) electrons. The largest absolute Gasteiger partial charge is 0.465 e. The van der Waals surface area contributed by atoms with Gasteiger partial charge in [-0.25, -0.2) is 14.8 Å². The number of ketones is 1. The van der Waals surface area contributed by atoms with E-state index in [0.717, 1.165) is 58.7 Å². The van der Waals surface area contributed by atoms with Crippen LogP contribution in [0.5, 0.6) is 0 Å². The van der Waals surface area contributed by atoms with Crippen LogP contribution in [0.3, 0.4) is 0 Å². The summed E-state index contributed by atoms with van der Waals surface area (Å²) >= 11 is 0. The number of nitrogens with zero attached hydrogens (tertiary/aromatic N) is 4. The van der Waals surface area contributed by atoms with Crippen LogP contribution in [-0.4, -0.2) is 90.6 Å². The standard InChI is InChI=1S/C32H36N6O2.C6H9NO.C4H7NO3.2C3H8.C2H6.C2H2/c1-4-7-31(39)35-21-32(40)38(18-5-2)22-30-34-20-28(37-30)26-16-12-24(13-17-26)9-8-23-10-14-25(15-11-23)27-19-33-29(6-3)36-27;1-4-7(5-2)6(3)8;1-3(6)2-5-4(7)8;2*1-3-2;2*1-2/h10-17,19-20H,4-7,18,21-22H2,1-3H3,(H,33,36)(H,34,37)(H,35,39);1H,5H2,2-3H3;5H,2H2,1H3,(H,7,8);2*3H2,1-2H3;1-2H3;1-2H. The van der Waals surface area contributed by atoms with Gasteiger partial charge in [-0.3, -0.25) is 24.1 Å². The number of carboxylic acid groups (broad SMARTS) is 1. The van der Waals surface area contributed by atoms with E-state index in [2.05, 4.69) is 90.6 Å². The van der Waals surface area contributed by atoms with E-state index in [4.69, 9.17) is 11.5 Å². The Bertz CT molecular complexity index is 2050. The van der Waals surface area contributed by atoms with Gasteiger partial charge < -0.3 is 30.6 Å². The molecule has 14 heteroatoms. The van der Waals surface area contributed by atoms with E-state index in [1.54, 1.807) is 11.1 Å². The van der Waals surface area contributed by atoms with Gasteiger partial charge in [0.2, 0.25) is 17.7 Å². The number of H-pyrrole nitrogens is 2. The molecule has 5 N–H and O–H groups in total. The number of nitrogens with one attached hydrogen (secondary N) is 4. The van der Waals surface area contributed by atoms with Crippen LogP contribution in [0.1, 0.15) is 138 Å². The molecule has 360 valence electrons. The van der Waals surface area contributed by atoms with Crippen LogP contribution in [0.4, 0.5) is 4.79 Å². The van der Waals surface area contributed by atoms with Gasteiger partial charge in [-0.1, -0.05) is 118 Å². The molecule has 0 fully saturated rings. The highest BCUT2D eigenvalue weighted by Gasteiger charge is 2.16. The first-order chi connectivity index (χ1) is 31.7. The number of rotatable bonds is 14. The van der Waals surface area contributed by atoms with Crippen LogP contribution in [0, 0.1) is 37.2 Å². The summed E-state index contributed by atoms with van der Waals surface area (Å²) in [5.41, 5.74) is 5.81. The first kappa shape index (κ1) is 63.2. The Morgan fingerprint density at radius 2 is 1.15 bits per heavy atom. The van der Waals surface area contributed by atoms with Gasteiger partial charge in [0, 0.05) is 50.0 Å². The molecule has 0 saturated heterocycles. The summed E-state index contributed by atoms with van der Waals surface area (Å²) in [6.45, 7) is 24.6. The average molecular weight is 909 g/mol. The van der Waals surface area contributed by atoms with E-state index in [1.807, 2.05) is 94.7 Å². The van der Waals surface area contributed by atoms with Gasteiger partial charge in [-0.05, 0) is 62.1 Å². The monoisotopic (exact) mass is 909 g/mol. The molecule has 14 nitrogen and oxygen atoms in total. The minimum Gasteiger partial charge on any atom is -0.465 e. The van der Waals surface area contributed by atoms with Gasteiger partial charge in [-0.15, -0.1) is 12.8 Å². The third-order valence-corrected chi connectivity index (χ3v) is 7.78. The fraction of sp³-hybridized carbons (Fsp3) is 0.442. The number of carbonyl (C=O) groups is 5. The Kier molecular flexibility index (Phi) is 38.9. The summed E-state index contributed by atoms with van der Waals surface area (Å²) in [4.78, 5) is 73.0. The number of aromatic nitrogens is 4. The number of hydrogen-bond donors (Lipinski definition) is 5. The summed E-state index contributed by atoms with van der Waals surface area (Å²) < 4.78 is 0. The van der Waals surface area contributed by atoms with E-state index in [0.29, 0.717) is 31.9 Å². The fourth-order valence-electron chi connectivity index (χ4n) is 4.84. The molecule has 4 rings (SSSR count). The predicted molar refractivity (Wildman–Crippen MR) is 269 cm³/mol. The summed E-state index contributed by atoms with van der Waals surface area (Å²) in [6, 6.07) is 18.3. The number of hydrogen-bond acceptors (Lipinski definition) is 7. The number of aromatic amines is 2. The number of Topliss-reactive ketones (excluding diaryl/α,β-unsaturated/α-hetero) is 1. The third-order valence-electron chi connectivity index (χ3n) is 7.78. The Labute approximate surface area is 395 Å². The molecule has 2 heterocycles. The van der Waals surface area contributed by atoms with Crippen molar-refractivity contribution in [2.45, 2.75) is 128 Å². The van der Waals surface area contributed by atoms with Crippen molar-refractivity contribution in [3.05, 3.63) is 83.7 Å². The minimum atomic E-state index is -1.17. The second-order valence-corrected chi connectivity index (χ2v) is 13.8. The van der Waals surface area contributed by atoms with E-state index in [-0.39, 0.29) is 36.6 Å². The number of aryl methyl sites for hydroxylation is 1. The Balaban J connectivity index is -0.00000125. The summed E-state index contributed by atoms with van der Waals surface area (Å²) in [6.07, 6.45) is 20.8. The van der Waals surface area contributed by atoms with Gasteiger partial charge in [0.05, 0.1) is 43.4 Å². The molecule has 0 bridgehead atoms. The Morgan fingerprint density at radius 3 is 1.47 bits per heavy atom. The van der Waals surface area contributed by atoms with Gasteiger partial charge >= 0.3 is 6.09 Å². The van der Waals surface area contributed by atoms with Crippen LogP contribution < -0.4 is 10.6 Å². The second-order valence-electron chi connectivity index (χ2n) is 13.8. The lowest BCUT2D eigenvalue weighted by Gasteiger charge is -2.21. The van der Waals surface area contributed by atoms with Crippen molar-refractivity contribution in [1.82, 2.24) is 40.4 Å². The van der Waals surface area contributed by atoms with Crippen molar-refractivity contribution in [2.75, 3.05) is 26.2 Å². The molecule has 4 aromatic rings. The molecule has 0 aliphatic rings. The van der Waals surface area contributed by atoms with Crippen molar-refractivity contribution < 1.29 is 29.1 Å². The maximum atomic E-state index is 12.7. The zero-order valence-electron chi connectivity index (χ0n) is 41.6. The van der Waals surface area contributed by atoms with E-state index in [1.165, 1.54) is 31.6 Å². The number of imidazole rings is 2. The molecular formula is C52H76N8O6. The van der Waals surface area contributed by atoms with Crippen LogP contribution >= 0.6 is 0 Å². The van der Waals surface area contributed by atoms with E-state index in [9.17, 15) is 24.0 Å². The normalized spacial score (nSPS) is 8.98. The fourth-order valence-corrected chi connectivity index (χ4v) is 4.84. The molecule has 2 aromatic heterocycles. The lowest BCUT2D eigenvalue weighted by Crippen LogP contribution is -2.40. The molecule has 4 amide bonds. The molecule has 0 aliphatic heterocycles. The predicted octanol–water partition coefficient (Wildman–Crippen LogP) is 9.48. The Hall–Kier alpha value is -7.11. The van der Waals surface area contributed by atoms with Crippen LogP contribution in [0.2, 0.25) is 0 Å². The van der Waals surface area contributed by atoms with Crippen molar-refractivity contribution in [2.24, 2.45) is 0 Å². The second kappa shape index (κ2) is 40.7. The molecule has 0 spiro atoms. The smallest absolute Gasteiger partial charge is 0.405 e. The van der Waals surface area contributed by atoms with E-state index >= 15 is 0 Å². The Morgan fingerprint density at radius 1 is 0.697 bits per heavy atom. The maximum absolute atomic E-state index is 12.7. The van der Waals surface area contributed by atoms with Crippen LogP contribution in [-0.2, 0) is 32.1 Å². The molecular weight excluding hydrogens is 833 g/mol. The molecule has 0 aliphatic carbocycles. The summed E-state index contributed by atoms with van der Waals surface area (Å²) in [5.74, 6) is 7.65. The molecule has 0 atom stereocenters. The van der Waals surface area contributed by atoms with Crippen molar-refractivity contribution in [3.63, 3.8) is 0 Å². The topological polar surface area (TPSA) is 193 Å². The zero-order chi connectivity index (χ0) is 50.9. The van der Waals surface area contributed by atoms with Crippen molar-refractivity contribution in [1.29, 1.82) is 0 Å². The SMILES string of the molecule is C#C.C#CN(CC)C(C)=O.CC.CC(=O)CNC(=O)O.CCC.CCC.CCCC(=O)NCC(=O)N(CCC)Cc1ncc(-c2ccc(C#Cc3ccc(-c4cnc(CC)[nH]4)cc3)cc2)[nH]1. The number of terminal acetylenes is 2. The minimum absolute atomic E-state index is 0.00307. The highest BCUT2D eigenvalue weighted by molar-refractivity contribution is 5.84. The highest BCUT2D eigenvalue weighted by atomic mass is 16.4. The zero-order valence-corrected chi connectivity index (χ0v) is 41.6. The number of benzene rings is 2. The van der Waals surface area contributed by atoms with Gasteiger partial charge in [0.25, 0.3) is 0 Å².